The predicted molar refractivity (Wildman–Crippen MR) is 133 cm³/mol. The third kappa shape index (κ3) is 6.43. The van der Waals surface area contributed by atoms with E-state index < -0.39 is 0 Å². The number of aryl methyl sites for hydroxylation is 1. The first-order valence-electron chi connectivity index (χ1n) is 12.1. The van der Waals surface area contributed by atoms with Gasteiger partial charge in [-0.3, -0.25) is 9.80 Å². The third-order valence-electron chi connectivity index (χ3n) is 6.33. The summed E-state index contributed by atoms with van der Waals surface area (Å²) in [6.07, 6.45) is 3.48. The lowest BCUT2D eigenvalue weighted by Gasteiger charge is -2.44. The Hall–Kier alpha value is -2.69. The van der Waals surface area contributed by atoms with Crippen LogP contribution in [0.2, 0.25) is 0 Å². The van der Waals surface area contributed by atoms with Crippen LogP contribution in [0.1, 0.15) is 54.6 Å². The SMILES string of the molecule is CCCCOc1ccc([C@@H]2N(Cc3ccc(C)cc3)CCCN2Cc2ccc(F)cc2)cc1. The minimum Gasteiger partial charge on any atom is -0.494 e. The average Bonchev–Trinajstić information content (AvgIpc) is 2.83. The van der Waals surface area contributed by atoms with E-state index in [0.29, 0.717) is 0 Å². The molecule has 1 saturated heterocycles. The van der Waals surface area contributed by atoms with Gasteiger partial charge in [0.25, 0.3) is 0 Å². The Morgan fingerprint density at radius 3 is 1.97 bits per heavy atom. The van der Waals surface area contributed by atoms with Gasteiger partial charge >= 0.3 is 0 Å². The van der Waals surface area contributed by atoms with Crippen molar-refractivity contribution in [3.63, 3.8) is 0 Å². The fourth-order valence-corrected chi connectivity index (χ4v) is 4.53. The molecule has 0 N–H and O–H groups in total. The van der Waals surface area contributed by atoms with E-state index in [1.165, 1.54) is 16.7 Å². The van der Waals surface area contributed by atoms with E-state index in [-0.39, 0.29) is 12.0 Å². The summed E-state index contributed by atoms with van der Waals surface area (Å²) in [6, 6.07) is 24.4. The quantitative estimate of drug-likeness (QED) is 0.339. The van der Waals surface area contributed by atoms with Crippen LogP contribution in [-0.4, -0.2) is 29.5 Å². The number of unbranched alkanes of at least 4 members (excludes halogenated alkanes) is 1. The van der Waals surface area contributed by atoms with E-state index in [1.54, 1.807) is 12.1 Å². The monoisotopic (exact) mass is 446 g/mol. The molecule has 0 aromatic heterocycles. The minimum absolute atomic E-state index is 0.162. The largest absolute Gasteiger partial charge is 0.494 e. The molecule has 3 aromatic carbocycles. The Bertz CT molecular complexity index is 930. The van der Waals surface area contributed by atoms with Gasteiger partial charge in [0.1, 0.15) is 11.6 Å². The Morgan fingerprint density at radius 1 is 0.818 bits per heavy atom. The van der Waals surface area contributed by atoms with Gasteiger partial charge in [0.05, 0.1) is 12.8 Å². The first kappa shape index (κ1) is 23.5. The minimum atomic E-state index is -0.186. The van der Waals surface area contributed by atoms with Crippen molar-refractivity contribution in [1.29, 1.82) is 0 Å². The fraction of sp³-hybridized carbons (Fsp3) is 0.379. The van der Waals surface area contributed by atoms with Gasteiger partial charge in [0, 0.05) is 26.2 Å². The molecule has 4 rings (SSSR count). The summed E-state index contributed by atoms with van der Waals surface area (Å²) >= 11 is 0. The molecule has 0 unspecified atom stereocenters. The average molecular weight is 447 g/mol. The van der Waals surface area contributed by atoms with E-state index in [1.807, 2.05) is 12.1 Å². The number of nitrogens with zero attached hydrogens (tertiary/aromatic N) is 2. The van der Waals surface area contributed by atoms with Crippen LogP contribution in [0.25, 0.3) is 0 Å². The number of rotatable bonds is 9. The van der Waals surface area contributed by atoms with Crippen LogP contribution < -0.4 is 4.74 Å². The summed E-state index contributed by atoms with van der Waals surface area (Å²) in [5, 5.41) is 0. The zero-order valence-corrected chi connectivity index (χ0v) is 19.8. The van der Waals surface area contributed by atoms with Crippen molar-refractivity contribution >= 4 is 0 Å². The van der Waals surface area contributed by atoms with Crippen LogP contribution in [0.4, 0.5) is 4.39 Å². The number of benzene rings is 3. The molecule has 0 amide bonds. The molecule has 1 aliphatic heterocycles. The fourth-order valence-electron chi connectivity index (χ4n) is 4.53. The van der Waals surface area contributed by atoms with Crippen LogP contribution >= 0.6 is 0 Å². The van der Waals surface area contributed by atoms with Crippen LogP contribution in [0.5, 0.6) is 5.75 Å². The molecule has 4 heteroatoms. The van der Waals surface area contributed by atoms with Crippen LogP contribution in [0.3, 0.4) is 0 Å². The molecule has 0 saturated carbocycles. The van der Waals surface area contributed by atoms with E-state index in [0.717, 1.165) is 63.4 Å². The number of ether oxygens (including phenoxy) is 1. The summed E-state index contributed by atoms with van der Waals surface area (Å²) in [5.74, 6) is 0.742. The molecule has 1 heterocycles. The van der Waals surface area contributed by atoms with E-state index >= 15 is 0 Å². The topological polar surface area (TPSA) is 15.7 Å². The van der Waals surface area contributed by atoms with Crippen molar-refractivity contribution in [1.82, 2.24) is 9.80 Å². The first-order valence-corrected chi connectivity index (χ1v) is 12.1. The number of hydrogen-bond donors (Lipinski definition) is 0. The van der Waals surface area contributed by atoms with Gasteiger partial charge in [-0.2, -0.15) is 0 Å². The molecule has 3 nitrogen and oxygen atoms in total. The van der Waals surface area contributed by atoms with E-state index in [4.69, 9.17) is 4.74 Å². The lowest BCUT2D eigenvalue weighted by Crippen LogP contribution is -2.46. The van der Waals surface area contributed by atoms with Gasteiger partial charge in [-0.25, -0.2) is 4.39 Å². The van der Waals surface area contributed by atoms with Crippen molar-refractivity contribution in [2.45, 2.75) is 52.4 Å². The molecular weight excluding hydrogens is 411 g/mol. The van der Waals surface area contributed by atoms with Gasteiger partial charge in [-0.15, -0.1) is 0 Å². The van der Waals surface area contributed by atoms with Gasteiger partial charge in [0.2, 0.25) is 0 Å². The molecular formula is C29H35FN2O. The molecule has 0 spiro atoms. The molecule has 0 radical (unpaired) electrons. The Morgan fingerprint density at radius 2 is 1.39 bits per heavy atom. The van der Waals surface area contributed by atoms with E-state index in [9.17, 15) is 4.39 Å². The second kappa shape index (κ2) is 11.4. The maximum absolute atomic E-state index is 13.5. The summed E-state index contributed by atoms with van der Waals surface area (Å²) in [5.41, 5.74) is 5.02. The summed E-state index contributed by atoms with van der Waals surface area (Å²) in [4.78, 5) is 5.07. The maximum atomic E-state index is 13.5. The lowest BCUT2D eigenvalue weighted by atomic mass is 10.0. The van der Waals surface area contributed by atoms with Crippen molar-refractivity contribution in [2.75, 3.05) is 19.7 Å². The van der Waals surface area contributed by atoms with Gasteiger partial charge < -0.3 is 4.74 Å². The lowest BCUT2D eigenvalue weighted by molar-refractivity contribution is -0.00912. The normalized spacial score (nSPS) is 17.2. The van der Waals surface area contributed by atoms with Gasteiger partial charge in [-0.05, 0) is 60.7 Å². The van der Waals surface area contributed by atoms with Crippen LogP contribution in [0, 0.1) is 12.7 Å². The molecule has 0 bridgehead atoms. The summed E-state index contributed by atoms with van der Waals surface area (Å²) < 4.78 is 19.3. The van der Waals surface area contributed by atoms with Crippen molar-refractivity contribution < 1.29 is 9.13 Å². The molecule has 1 atom stereocenters. The highest BCUT2D eigenvalue weighted by Crippen LogP contribution is 2.33. The molecule has 3 aromatic rings. The highest BCUT2D eigenvalue weighted by molar-refractivity contribution is 5.30. The molecule has 0 aliphatic carbocycles. The Balaban J connectivity index is 1.57. The van der Waals surface area contributed by atoms with E-state index in [2.05, 4.69) is 72.2 Å². The van der Waals surface area contributed by atoms with Crippen molar-refractivity contribution in [2.24, 2.45) is 0 Å². The van der Waals surface area contributed by atoms with Crippen molar-refractivity contribution in [3.05, 3.63) is 101 Å². The number of halogens is 1. The smallest absolute Gasteiger partial charge is 0.123 e. The summed E-state index contributed by atoms with van der Waals surface area (Å²) in [7, 11) is 0. The second-order valence-corrected chi connectivity index (χ2v) is 9.05. The zero-order chi connectivity index (χ0) is 23.0. The summed E-state index contributed by atoms with van der Waals surface area (Å²) in [6.45, 7) is 8.82. The van der Waals surface area contributed by atoms with Crippen molar-refractivity contribution in [3.8, 4) is 5.75 Å². The Kier molecular flexibility index (Phi) is 8.14. The van der Waals surface area contributed by atoms with Gasteiger partial charge in [-0.1, -0.05) is 67.4 Å². The maximum Gasteiger partial charge on any atom is 0.123 e. The molecule has 1 fully saturated rings. The standard InChI is InChI=1S/C29H35FN2O/c1-3-4-20-33-28-16-12-26(13-17-28)29-31(21-24-8-6-23(2)7-9-24)18-5-19-32(29)22-25-10-14-27(30)15-11-25/h6-17,29H,3-5,18-22H2,1-2H3/t29-/m1/s1. The van der Waals surface area contributed by atoms with Gasteiger partial charge in [0.15, 0.2) is 0 Å². The highest BCUT2D eigenvalue weighted by Gasteiger charge is 2.30. The highest BCUT2D eigenvalue weighted by atomic mass is 19.1. The Labute approximate surface area is 197 Å². The van der Waals surface area contributed by atoms with Crippen LogP contribution in [0.15, 0.2) is 72.8 Å². The molecule has 174 valence electrons. The molecule has 33 heavy (non-hydrogen) atoms. The first-order chi connectivity index (χ1) is 16.1. The predicted octanol–water partition coefficient (Wildman–Crippen LogP) is 6.72. The molecule has 1 aliphatic rings. The zero-order valence-electron chi connectivity index (χ0n) is 19.8. The number of hydrogen-bond acceptors (Lipinski definition) is 3. The second-order valence-electron chi connectivity index (χ2n) is 9.05. The van der Waals surface area contributed by atoms with Crippen LogP contribution in [-0.2, 0) is 13.1 Å². The third-order valence-corrected chi connectivity index (χ3v) is 6.33.